The first kappa shape index (κ1) is 15.2. The summed E-state index contributed by atoms with van der Waals surface area (Å²) in [4.78, 5) is 22.6. The molecule has 0 heterocycles. The fourth-order valence-corrected chi connectivity index (χ4v) is 1.67. The van der Waals surface area contributed by atoms with Crippen molar-refractivity contribution in [3.8, 4) is 0 Å². The molecule has 0 saturated carbocycles. The smallest absolute Gasteiger partial charge is 0.319 e. The van der Waals surface area contributed by atoms with Gasteiger partial charge in [-0.05, 0) is 24.5 Å². The van der Waals surface area contributed by atoms with Gasteiger partial charge in [-0.25, -0.2) is 4.79 Å². The molecule has 19 heavy (non-hydrogen) atoms. The molecule has 5 heteroatoms. The van der Waals surface area contributed by atoms with E-state index in [0.717, 1.165) is 11.8 Å². The predicted octanol–water partition coefficient (Wildman–Crippen LogP) is 1.95. The second kappa shape index (κ2) is 6.89. The standard InChI is InChI=1S/C14H20N2O3/c1-9(2)13(8-18)16-14(19)15-12-6-4-5-11(7-17)10(12)3/h4-7,9,13,18H,8H2,1-3H3,(H2,15,16,19)/t13-/m1/s1. The lowest BCUT2D eigenvalue weighted by atomic mass is 10.1. The van der Waals surface area contributed by atoms with Gasteiger partial charge in [0.05, 0.1) is 12.6 Å². The average molecular weight is 264 g/mol. The van der Waals surface area contributed by atoms with Crippen molar-refractivity contribution < 1.29 is 14.7 Å². The maximum atomic E-state index is 11.8. The minimum absolute atomic E-state index is 0.113. The van der Waals surface area contributed by atoms with Gasteiger partial charge in [0.25, 0.3) is 0 Å². The van der Waals surface area contributed by atoms with Crippen molar-refractivity contribution in [1.29, 1.82) is 0 Å². The van der Waals surface area contributed by atoms with Gasteiger partial charge in [-0.15, -0.1) is 0 Å². The highest BCUT2D eigenvalue weighted by Crippen LogP contribution is 2.17. The molecule has 0 aromatic heterocycles. The lowest BCUT2D eigenvalue weighted by molar-refractivity contribution is 0.112. The molecule has 0 aliphatic heterocycles. The van der Waals surface area contributed by atoms with Crippen molar-refractivity contribution in [2.75, 3.05) is 11.9 Å². The van der Waals surface area contributed by atoms with Crippen molar-refractivity contribution in [3.05, 3.63) is 29.3 Å². The van der Waals surface area contributed by atoms with Crippen LogP contribution < -0.4 is 10.6 Å². The number of amides is 2. The summed E-state index contributed by atoms with van der Waals surface area (Å²) < 4.78 is 0. The number of hydrogen-bond donors (Lipinski definition) is 3. The number of aliphatic hydroxyl groups excluding tert-OH is 1. The van der Waals surface area contributed by atoms with Crippen molar-refractivity contribution in [3.63, 3.8) is 0 Å². The molecule has 1 rings (SSSR count). The first-order chi connectivity index (χ1) is 8.99. The van der Waals surface area contributed by atoms with Crippen LogP contribution in [0.5, 0.6) is 0 Å². The van der Waals surface area contributed by atoms with Crippen molar-refractivity contribution in [2.45, 2.75) is 26.8 Å². The predicted molar refractivity (Wildman–Crippen MR) is 74.4 cm³/mol. The maximum absolute atomic E-state index is 11.8. The summed E-state index contributed by atoms with van der Waals surface area (Å²) in [7, 11) is 0. The molecule has 0 aliphatic rings. The van der Waals surface area contributed by atoms with Crippen LogP contribution in [0, 0.1) is 12.8 Å². The van der Waals surface area contributed by atoms with E-state index in [1.54, 1.807) is 25.1 Å². The summed E-state index contributed by atoms with van der Waals surface area (Å²) in [6.45, 7) is 5.49. The van der Waals surface area contributed by atoms with Gasteiger partial charge in [0.1, 0.15) is 6.29 Å². The van der Waals surface area contributed by atoms with Crippen LogP contribution in [0.2, 0.25) is 0 Å². The largest absolute Gasteiger partial charge is 0.394 e. The molecule has 3 N–H and O–H groups in total. The van der Waals surface area contributed by atoms with Gasteiger partial charge in [0, 0.05) is 11.3 Å². The minimum atomic E-state index is -0.390. The molecule has 0 aliphatic carbocycles. The molecule has 0 spiro atoms. The Kier molecular flexibility index (Phi) is 5.51. The fraction of sp³-hybridized carbons (Fsp3) is 0.429. The van der Waals surface area contributed by atoms with Gasteiger partial charge in [-0.1, -0.05) is 26.0 Å². The number of carbonyl (C=O) groups excluding carboxylic acids is 2. The lowest BCUT2D eigenvalue weighted by Gasteiger charge is -2.20. The number of hydrogen-bond acceptors (Lipinski definition) is 3. The fourth-order valence-electron chi connectivity index (χ4n) is 1.67. The number of benzene rings is 1. The summed E-state index contributed by atoms with van der Waals surface area (Å²) in [6, 6.07) is 4.44. The molecule has 0 fully saturated rings. The molecule has 0 saturated heterocycles. The van der Waals surface area contributed by atoms with Gasteiger partial charge < -0.3 is 15.7 Å². The summed E-state index contributed by atoms with van der Waals surface area (Å²) >= 11 is 0. The van der Waals surface area contributed by atoms with Crippen molar-refractivity contribution in [1.82, 2.24) is 5.32 Å². The van der Waals surface area contributed by atoms with Crippen LogP contribution in [0.25, 0.3) is 0 Å². The van der Waals surface area contributed by atoms with E-state index >= 15 is 0 Å². The third-order valence-corrected chi connectivity index (χ3v) is 3.07. The van der Waals surface area contributed by atoms with Crippen LogP contribution in [0.15, 0.2) is 18.2 Å². The molecule has 1 aromatic carbocycles. The van der Waals surface area contributed by atoms with Crippen LogP contribution in [-0.4, -0.2) is 30.1 Å². The third kappa shape index (κ3) is 4.06. The van der Waals surface area contributed by atoms with Crippen LogP contribution >= 0.6 is 0 Å². The molecule has 0 bridgehead atoms. The maximum Gasteiger partial charge on any atom is 0.319 e. The zero-order valence-electron chi connectivity index (χ0n) is 11.4. The van der Waals surface area contributed by atoms with E-state index in [1.165, 1.54) is 0 Å². The van der Waals surface area contributed by atoms with Gasteiger partial charge in [-0.3, -0.25) is 4.79 Å². The van der Waals surface area contributed by atoms with Gasteiger partial charge in [0.2, 0.25) is 0 Å². The average Bonchev–Trinajstić information content (AvgIpc) is 2.38. The Balaban J connectivity index is 2.75. The Bertz CT molecular complexity index is 458. The summed E-state index contributed by atoms with van der Waals surface area (Å²) in [5.74, 6) is 0.137. The van der Waals surface area contributed by atoms with E-state index in [-0.39, 0.29) is 24.6 Å². The van der Waals surface area contributed by atoms with Crippen molar-refractivity contribution in [2.24, 2.45) is 5.92 Å². The highest BCUT2D eigenvalue weighted by molar-refractivity contribution is 5.92. The minimum Gasteiger partial charge on any atom is -0.394 e. The molecule has 0 radical (unpaired) electrons. The van der Waals surface area contributed by atoms with Crippen molar-refractivity contribution >= 4 is 18.0 Å². The Labute approximate surface area is 113 Å². The molecule has 5 nitrogen and oxygen atoms in total. The number of aliphatic hydroxyl groups is 1. The first-order valence-corrected chi connectivity index (χ1v) is 6.22. The zero-order chi connectivity index (χ0) is 14.4. The first-order valence-electron chi connectivity index (χ1n) is 6.22. The highest BCUT2D eigenvalue weighted by Gasteiger charge is 2.15. The Morgan fingerprint density at radius 3 is 2.63 bits per heavy atom. The zero-order valence-corrected chi connectivity index (χ0v) is 11.4. The van der Waals surface area contributed by atoms with E-state index in [4.69, 9.17) is 5.11 Å². The Hall–Kier alpha value is -1.88. The second-order valence-corrected chi connectivity index (χ2v) is 4.77. The second-order valence-electron chi connectivity index (χ2n) is 4.77. The number of nitrogens with one attached hydrogen (secondary N) is 2. The van der Waals surface area contributed by atoms with E-state index in [2.05, 4.69) is 10.6 Å². The number of carbonyl (C=O) groups is 2. The van der Waals surface area contributed by atoms with Gasteiger partial charge in [0.15, 0.2) is 0 Å². The van der Waals surface area contributed by atoms with Crippen LogP contribution in [0.3, 0.4) is 0 Å². The molecular weight excluding hydrogens is 244 g/mol. The topological polar surface area (TPSA) is 78.4 Å². The monoisotopic (exact) mass is 264 g/mol. The quantitative estimate of drug-likeness (QED) is 0.711. The number of urea groups is 1. The molecule has 1 aromatic rings. The van der Waals surface area contributed by atoms with Gasteiger partial charge >= 0.3 is 6.03 Å². The molecule has 0 unspecified atom stereocenters. The third-order valence-electron chi connectivity index (χ3n) is 3.07. The summed E-state index contributed by atoms with van der Waals surface area (Å²) in [6.07, 6.45) is 0.753. The lowest BCUT2D eigenvalue weighted by Crippen LogP contribution is -2.43. The molecular formula is C14H20N2O3. The Morgan fingerprint density at radius 2 is 2.11 bits per heavy atom. The van der Waals surface area contributed by atoms with Crippen LogP contribution in [-0.2, 0) is 0 Å². The normalized spacial score (nSPS) is 12.1. The molecule has 2 amide bonds. The highest BCUT2D eigenvalue weighted by atomic mass is 16.3. The Morgan fingerprint density at radius 1 is 1.42 bits per heavy atom. The van der Waals surface area contributed by atoms with E-state index in [9.17, 15) is 9.59 Å². The van der Waals surface area contributed by atoms with Crippen LogP contribution in [0.1, 0.15) is 29.8 Å². The molecule has 1 atom stereocenters. The summed E-state index contributed by atoms with van der Waals surface area (Å²) in [5, 5.41) is 14.5. The van der Waals surface area contributed by atoms with Gasteiger partial charge in [-0.2, -0.15) is 0 Å². The number of rotatable bonds is 5. The van der Waals surface area contributed by atoms with E-state index < -0.39 is 0 Å². The number of anilines is 1. The molecule has 104 valence electrons. The summed E-state index contributed by atoms with van der Waals surface area (Å²) in [5.41, 5.74) is 1.85. The van der Waals surface area contributed by atoms with Crippen LogP contribution in [0.4, 0.5) is 10.5 Å². The van der Waals surface area contributed by atoms with E-state index in [0.29, 0.717) is 11.3 Å². The SMILES string of the molecule is Cc1c(C=O)cccc1NC(=O)N[C@H](CO)C(C)C. The number of aldehydes is 1. The van der Waals surface area contributed by atoms with E-state index in [1.807, 2.05) is 13.8 Å².